The molecule has 1 fully saturated rings. The van der Waals surface area contributed by atoms with E-state index in [1.807, 2.05) is 0 Å². The van der Waals surface area contributed by atoms with Crippen LogP contribution in [0.5, 0.6) is 5.75 Å². The number of amides is 2. The zero-order valence-electron chi connectivity index (χ0n) is 15.8. The van der Waals surface area contributed by atoms with Gasteiger partial charge < -0.3 is 19.9 Å². The van der Waals surface area contributed by atoms with Crippen LogP contribution in [0.1, 0.15) is 29.6 Å². The Morgan fingerprint density at radius 3 is 2.79 bits per heavy atom. The summed E-state index contributed by atoms with van der Waals surface area (Å²) in [5, 5.41) is 2.87. The molecule has 2 aromatic rings. The Hall–Kier alpha value is -2.93. The first-order chi connectivity index (χ1) is 13.7. The first-order valence-electron chi connectivity index (χ1n) is 9.72. The van der Waals surface area contributed by atoms with Crippen molar-refractivity contribution < 1.29 is 14.3 Å². The highest BCUT2D eigenvalue weighted by atomic mass is 16.5. The van der Waals surface area contributed by atoms with Crippen molar-refractivity contribution in [3.05, 3.63) is 48.3 Å². The zero-order chi connectivity index (χ0) is 19.3. The second-order valence-corrected chi connectivity index (χ2v) is 7.11. The van der Waals surface area contributed by atoms with Gasteiger partial charge in [0, 0.05) is 31.2 Å². The number of likely N-dealkylation sites (tertiary alicyclic amines) is 1. The van der Waals surface area contributed by atoms with Gasteiger partial charge in [-0.2, -0.15) is 0 Å². The summed E-state index contributed by atoms with van der Waals surface area (Å²) in [5.74, 6) is 0.369. The number of hydrogen-bond acceptors (Lipinski definition) is 5. The molecule has 2 aliphatic rings. The van der Waals surface area contributed by atoms with Gasteiger partial charge in [0.15, 0.2) is 6.61 Å². The maximum atomic E-state index is 12.5. The molecule has 0 radical (unpaired) electrons. The minimum absolute atomic E-state index is 0.0500. The molecule has 1 N–H and O–H groups in total. The average Bonchev–Trinajstić information content (AvgIpc) is 2.74. The number of rotatable bonds is 5. The first-order valence-corrected chi connectivity index (χ1v) is 9.72. The van der Waals surface area contributed by atoms with Crippen molar-refractivity contribution in [2.45, 2.75) is 19.3 Å². The number of carbonyl (C=O) groups is 2. The largest absolute Gasteiger partial charge is 0.482 e. The molecule has 1 aromatic heterocycles. The van der Waals surface area contributed by atoms with Crippen molar-refractivity contribution in [3.63, 3.8) is 0 Å². The molecule has 0 aliphatic carbocycles. The summed E-state index contributed by atoms with van der Waals surface area (Å²) in [4.78, 5) is 33.0. The second kappa shape index (κ2) is 8.39. The Morgan fingerprint density at radius 1 is 1.14 bits per heavy atom. The number of aromatic nitrogens is 1. The molecule has 0 bridgehead atoms. The smallest absolute Gasteiger partial charge is 0.265 e. The fourth-order valence-electron chi connectivity index (χ4n) is 3.65. The lowest BCUT2D eigenvalue weighted by Crippen LogP contribution is -2.44. The van der Waals surface area contributed by atoms with Crippen molar-refractivity contribution in [2.75, 3.05) is 43.0 Å². The van der Waals surface area contributed by atoms with Crippen LogP contribution in [0.25, 0.3) is 0 Å². The van der Waals surface area contributed by atoms with E-state index >= 15 is 0 Å². The summed E-state index contributed by atoms with van der Waals surface area (Å²) in [6.45, 7) is 3.69. The van der Waals surface area contributed by atoms with Crippen molar-refractivity contribution in [1.29, 1.82) is 0 Å². The quantitative estimate of drug-likeness (QED) is 0.863. The van der Waals surface area contributed by atoms with Crippen LogP contribution in [0.3, 0.4) is 0 Å². The minimum Gasteiger partial charge on any atom is -0.482 e. The predicted molar refractivity (Wildman–Crippen MR) is 107 cm³/mol. The molecule has 0 unspecified atom stereocenters. The lowest BCUT2D eigenvalue weighted by atomic mass is 10.1. The molecule has 0 saturated carbocycles. The average molecular weight is 380 g/mol. The van der Waals surface area contributed by atoms with E-state index in [4.69, 9.17) is 4.74 Å². The fourth-order valence-corrected chi connectivity index (χ4v) is 3.65. The number of benzene rings is 1. The van der Waals surface area contributed by atoms with Gasteiger partial charge in [0.2, 0.25) is 0 Å². The summed E-state index contributed by atoms with van der Waals surface area (Å²) in [6, 6.07) is 8.81. The molecule has 7 heteroatoms. The third-order valence-electron chi connectivity index (χ3n) is 5.17. The Kier molecular flexibility index (Phi) is 5.53. The summed E-state index contributed by atoms with van der Waals surface area (Å²) in [5.41, 5.74) is 1.81. The number of nitrogens with zero attached hydrogens (tertiary/aromatic N) is 3. The Morgan fingerprint density at radius 2 is 2.00 bits per heavy atom. The van der Waals surface area contributed by atoms with Gasteiger partial charge in [-0.1, -0.05) is 6.42 Å². The van der Waals surface area contributed by atoms with Crippen LogP contribution in [0.15, 0.2) is 42.7 Å². The standard InChI is InChI=1S/C21H24N4O3/c26-20-15-28-19-7-6-17(23-21(27)16-5-4-8-22-14-16)13-18(19)25(20)12-11-24-9-2-1-3-10-24/h4-8,13-14H,1-3,9-12,15H2,(H,23,27). The van der Waals surface area contributed by atoms with E-state index < -0.39 is 0 Å². The number of carbonyl (C=O) groups excluding carboxylic acids is 2. The van der Waals surface area contributed by atoms with E-state index in [0.29, 0.717) is 29.2 Å². The summed E-state index contributed by atoms with van der Waals surface area (Å²) < 4.78 is 5.57. The number of hydrogen-bond donors (Lipinski definition) is 1. The van der Waals surface area contributed by atoms with Gasteiger partial charge >= 0.3 is 0 Å². The van der Waals surface area contributed by atoms with Gasteiger partial charge in [0.25, 0.3) is 11.8 Å². The number of anilines is 2. The summed E-state index contributed by atoms with van der Waals surface area (Å²) in [6.07, 6.45) is 6.87. The Bertz CT molecular complexity index is 850. The highest BCUT2D eigenvalue weighted by Crippen LogP contribution is 2.34. The number of pyridine rings is 1. The molecule has 2 aliphatic heterocycles. The maximum Gasteiger partial charge on any atom is 0.265 e. The van der Waals surface area contributed by atoms with Crippen LogP contribution in [-0.2, 0) is 4.79 Å². The Balaban J connectivity index is 1.49. The number of piperidine rings is 1. The van der Waals surface area contributed by atoms with E-state index in [1.54, 1.807) is 41.4 Å². The van der Waals surface area contributed by atoms with Crippen LogP contribution in [0.4, 0.5) is 11.4 Å². The van der Waals surface area contributed by atoms with E-state index in [-0.39, 0.29) is 18.4 Å². The molecule has 0 spiro atoms. The number of ether oxygens (including phenoxy) is 1. The van der Waals surface area contributed by atoms with E-state index in [0.717, 1.165) is 19.6 Å². The van der Waals surface area contributed by atoms with Crippen LogP contribution in [0.2, 0.25) is 0 Å². The van der Waals surface area contributed by atoms with E-state index in [2.05, 4.69) is 15.2 Å². The topological polar surface area (TPSA) is 74.8 Å². The molecule has 2 amide bonds. The second-order valence-electron chi connectivity index (χ2n) is 7.11. The van der Waals surface area contributed by atoms with Crippen LogP contribution in [-0.4, -0.2) is 54.5 Å². The maximum absolute atomic E-state index is 12.5. The van der Waals surface area contributed by atoms with Crippen molar-refractivity contribution in [1.82, 2.24) is 9.88 Å². The molecule has 146 valence electrons. The number of fused-ring (bicyclic) bond motifs is 1. The Labute approximate surface area is 164 Å². The molecule has 1 saturated heterocycles. The van der Waals surface area contributed by atoms with E-state index in [9.17, 15) is 9.59 Å². The van der Waals surface area contributed by atoms with Gasteiger partial charge in [0.05, 0.1) is 11.3 Å². The van der Waals surface area contributed by atoms with Gasteiger partial charge in [-0.25, -0.2) is 0 Å². The SMILES string of the molecule is O=C(Nc1ccc2c(c1)N(CCN1CCCCC1)C(=O)CO2)c1cccnc1. The van der Waals surface area contributed by atoms with Gasteiger partial charge in [-0.15, -0.1) is 0 Å². The zero-order valence-corrected chi connectivity index (χ0v) is 15.8. The summed E-state index contributed by atoms with van der Waals surface area (Å²) in [7, 11) is 0. The monoisotopic (exact) mass is 380 g/mol. The van der Waals surface area contributed by atoms with Gasteiger partial charge in [-0.05, 0) is 56.3 Å². The molecular weight excluding hydrogens is 356 g/mol. The number of nitrogens with one attached hydrogen (secondary N) is 1. The predicted octanol–water partition coefficient (Wildman–Crippen LogP) is 2.55. The van der Waals surface area contributed by atoms with Crippen LogP contribution >= 0.6 is 0 Å². The van der Waals surface area contributed by atoms with Gasteiger partial charge in [0.1, 0.15) is 5.75 Å². The van der Waals surface area contributed by atoms with E-state index in [1.165, 1.54) is 25.5 Å². The molecule has 7 nitrogen and oxygen atoms in total. The molecule has 0 atom stereocenters. The fraction of sp³-hybridized carbons (Fsp3) is 0.381. The molecule has 4 rings (SSSR count). The molecule has 3 heterocycles. The van der Waals surface area contributed by atoms with Crippen molar-refractivity contribution in [2.24, 2.45) is 0 Å². The lowest BCUT2D eigenvalue weighted by molar-refractivity contribution is -0.121. The minimum atomic E-state index is -0.240. The first kappa shape index (κ1) is 18.4. The molecular formula is C21H24N4O3. The van der Waals surface area contributed by atoms with Crippen molar-refractivity contribution in [3.8, 4) is 5.75 Å². The third-order valence-corrected chi connectivity index (χ3v) is 5.17. The normalized spacial score (nSPS) is 17.0. The van der Waals surface area contributed by atoms with Crippen LogP contribution in [0, 0.1) is 0 Å². The molecule has 1 aromatic carbocycles. The highest BCUT2D eigenvalue weighted by molar-refractivity contribution is 6.05. The van der Waals surface area contributed by atoms with Gasteiger partial charge in [-0.3, -0.25) is 14.6 Å². The van der Waals surface area contributed by atoms with Crippen molar-refractivity contribution >= 4 is 23.2 Å². The lowest BCUT2D eigenvalue weighted by Gasteiger charge is -2.33. The third kappa shape index (κ3) is 4.14. The summed E-state index contributed by atoms with van der Waals surface area (Å²) >= 11 is 0. The highest BCUT2D eigenvalue weighted by Gasteiger charge is 2.26. The molecule has 28 heavy (non-hydrogen) atoms. The van der Waals surface area contributed by atoms with Crippen LogP contribution < -0.4 is 15.0 Å².